The Bertz CT molecular complexity index is 438. The molecule has 0 aromatic rings. The summed E-state index contributed by atoms with van der Waals surface area (Å²) >= 11 is 0. The normalized spacial score (nSPS) is 28.6. The van der Waals surface area contributed by atoms with Gasteiger partial charge in [-0.2, -0.15) is 0 Å². The average molecular weight is 377 g/mol. The summed E-state index contributed by atoms with van der Waals surface area (Å²) in [6.07, 6.45) is -2.42. The molecule has 1 aliphatic rings. The van der Waals surface area contributed by atoms with Crippen molar-refractivity contribution in [3.63, 3.8) is 0 Å². The van der Waals surface area contributed by atoms with Crippen LogP contribution in [-0.4, -0.2) is 84.1 Å². The molecule has 0 aromatic heterocycles. The van der Waals surface area contributed by atoms with E-state index in [1.165, 1.54) is 6.92 Å². The predicted molar refractivity (Wildman–Crippen MR) is 91.8 cm³/mol. The van der Waals surface area contributed by atoms with E-state index in [0.29, 0.717) is 32.4 Å². The van der Waals surface area contributed by atoms with Gasteiger partial charge in [0.05, 0.1) is 6.61 Å². The predicted octanol–water partition coefficient (Wildman–Crippen LogP) is -2.42. The van der Waals surface area contributed by atoms with Crippen LogP contribution in [-0.2, 0) is 19.1 Å². The monoisotopic (exact) mass is 377 g/mol. The molecule has 7 N–H and O–H groups in total. The molecule has 0 aromatic carbocycles. The van der Waals surface area contributed by atoms with E-state index < -0.39 is 43.2 Å². The molecule has 152 valence electrons. The molecule has 10 heteroatoms. The van der Waals surface area contributed by atoms with Gasteiger partial charge in [0.15, 0.2) is 6.29 Å². The molecular formula is C16H31N3O7. The standard InChI is InChI=1S/C16H31N3O7/c1-10(21)19-13-15(24)14(23)11(9-20)26-16(13)25-8-3-2-5-12(22)18-7-4-6-17/h11,13-16,20,23-24H,2-9,17H2,1H3,(H,18,22)(H,19,21)/t11?,13?,14-,15?,16-/m1/s1. The Morgan fingerprint density at radius 1 is 1.19 bits per heavy atom. The second-order valence-electron chi connectivity index (χ2n) is 6.25. The van der Waals surface area contributed by atoms with Gasteiger partial charge in [0.2, 0.25) is 11.8 Å². The van der Waals surface area contributed by atoms with Gasteiger partial charge in [-0.25, -0.2) is 0 Å². The Morgan fingerprint density at radius 3 is 2.54 bits per heavy atom. The average Bonchev–Trinajstić information content (AvgIpc) is 2.60. The highest BCUT2D eigenvalue weighted by molar-refractivity contribution is 5.75. The van der Waals surface area contributed by atoms with E-state index in [4.69, 9.17) is 15.2 Å². The molecule has 3 unspecified atom stereocenters. The summed E-state index contributed by atoms with van der Waals surface area (Å²) in [5.41, 5.74) is 5.35. The van der Waals surface area contributed by atoms with Crippen LogP contribution in [0.3, 0.4) is 0 Å². The zero-order valence-electron chi connectivity index (χ0n) is 15.1. The number of unbranched alkanes of at least 4 members (excludes halogenated alkanes) is 1. The molecule has 1 heterocycles. The molecule has 0 radical (unpaired) electrons. The molecule has 1 rings (SSSR count). The fourth-order valence-corrected chi connectivity index (χ4v) is 2.62. The molecule has 26 heavy (non-hydrogen) atoms. The summed E-state index contributed by atoms with van der Waals surface area (Å²) < 4.78 is 11.0. The number of ether oxygens (including phenoxy) is 2. The summed E-state index contributed by atoms with van der Waals surface area (Å²) in [6.45, 7) is 2.10. The molecular weight excluding hydrogens is 346 g/mol. The summed E-state index contributed by atoms with van der Waals surface area (Å²) in [6, 6.07) is -0.954. The minimum Gasteiger partial charge on any atom is -0.394 e. The van der Waals surface area contributed by atoms with E-state index in [9.17, 15) is 24.9 Å². The van der Waals surface area contributed by atoms with E-state index in [0.717, 1.165) is 6.42 Å². The van der Waals surface area contributed by atoms with Gasteiger partial charge >= 0.3 is 0 Å². The van der Waals surface area contributed by atoms with Gasteiger partial charge in [-0.05, 0) is 25.8 Å². The highest BCUT2D eigenvalue weighted by atomic mass is 16.7. The van der Waals surface area contributed by atoms with Gasteiger partial charge < -0.3 is 41.2 Å². The van der Waals surface area contributed by atoms with Gasteiger partial charge in [0.25, 0.3) is 0 Å². The van der Waals surface area contributed by atoms with Crippen molar-refractivity contribution >= 4 is 11.8 Å². The van der Waals surface area contributed by atoms with Gasteiger partial charge in [0.1, 0.15) is 24.4 Å². The number of rotatable bonds is 11. The highest BCUT2D eigenvalue weighted by Crippen LogP contribution is 2.22. The molecule has 1 saturated heterocycles. The lowest BCUT2D eigenvalue weighted by molar-refractivity contribution is -0.270. The molecule has 0 saturated carbocycles. The van der Waals surface area contributed by atoms with E-state index in [1.54, 1.807) is 0 Å². The largest absolute Gasteiger partial charge is 0.394 e. The third-order valence-electron chi connectivity index (χ3n) is 4.03. The lowest BCUT2D eigenvalue weighted by Gasteiger charge is -2.42. The first kappa shape index (κ1) is 22.7. The van der Waals surface area contributed by atoms with Gasteiger partial charge in [-0.1, -0.05) is 0 Å². The van der Waals surface area contributed by atoms with Crippen molar-refractivity contribution < 1.29 is 34.4 Å². The topological polar surface area (TPSA) is 163 Å². The van der Waals surface area contributed by atoms with Crippen molar-refractivity contribution in [3.05, 3.63) is 0 Å². The lowest BCUT2D eigenvalue weighted by atomic mass is 9.97. The minimum absolute atomic E-state index is 0.0534. The first-order valence-corrected chi connectivity index (χ1v) is 8.88. The number of aliphatic hydroxyl groups is 3. The van der Waals surface area contributed by atoms with Gasteiger partial charge in [-0.15, -0.1) is 0 Å². The Labute approximate surface area is 153 Å². The molecule has 10 nitrogen and oxygen atoms in total. The maximum absolute atomic E-state index is 11.6. The molecule has 2 amide bonds. The first-order chi connectivity index (χ1) is 12.4. The van der Waals surface area contributed by atoms with Crippen LogP contribution >= 0.6 is 0 Å². The Balaban J connectivity index is 2.39. The molecule has 1 fully saturated rings. The third kappa shape index (κ3) is 7.52. The molecule has 0 aliphatic carbocycles. The van der Waals surface area contributed by atoms with Crippen molar-refractivity contribution in [2.24, 2.45) is 5.73 Å². The number of nitrogens with one attached hydrogen (secondary N) is 2. The lowest BCUT2D eigenvalue weighted by Crippen LogP contribution is -2.64. The molecule has 5 atom stereocenters. The number of hydrogen-bond donors (Lipinski definition) is 6. The van der Waals surface area contributed by atoms with Crippen LogP contribution in [0.4, 0.5) is 0 Å². The number of aliphatic hydroxyl groups excluding tert-OH is 3. The summed E-state index contributed by atoms with van der Waals surface area (Å²) in [7, 11) is 0. The van der Waals surface area contributed by atoms with Crippen LogP contribution in [0.2, 0.25) is 0 Å². The first-order valence-electron chi connectivity index (χ1n) is 8.88. The van der Waals surface area contributed by atoms with Crippen LogP contribution < -0.4 is 16.4 Å². The summed E-state index contributed by atoms with van der Waals surface area (Å²) in [5, 5.41) is 34.5. The quantitative estimate of drug-likeness (QED) is 0.217. The van der Waals surface area contributed by atoms with E-state index in [2.05, 4.69) is 10.6 Å². The third-order valence-corrected chi connectivity index (χ3v) is 4.03. The molecule has 0 bridgehead atoms. The fourth-order valence-electron chi connectivity index (χ4n) is 2.62. The van der Waals surface area contributed by atoms with Crippen molar-refractivity contribution in [2.75, 3.05) is 26.3 Å². The SMILES string of the molecule is CC(=O)NC1C(O)[C@H](O)C(CO)O[C@H]1OCCCCC(=O)NCCCN. The van der Waals surface area contributed by atoms with Crippen LogP contribution in [0, 0.1) is 0 Å². The number of amides is 2. The summed E-state index contributed by atoms with van der Waals surface area (Å²) in [5.74, 6) is -0.461. The minimum atomic E-state index is -1.34. The van der Waals surface area contributed by atoms with Crippen molar-refractivity contribution in [1.29, 1.82) is 0 Å². The van der Waals surface area contributed by atoms with Crippen LogP contribution in [0.15, 0.2) is 0 Å². The summed E-state index contributed by atoms with van der Waals surface area (Å²) in [4.78, 5) is 22.9. The van der Waals surface area contributed by atoms with E-state index in [-0.39, 0.29) is 12.5 Å². The van der Waals surface area contributed by atoms with E-state index in [1.807, 2.05) is 0 Å². The van der Waals surface area contributed by atoms with Gasteiger partial charge in [-0.3, -0.25) is 9.59 Å². The highest BCUT2D eigenvalue weighted by Gasteiger charge is 2.45. The van der Waals surface area contributed by atoms with Gasteiger partial charge in [0, 0.05) is 26.5 Å². The molecule has 0 spiro atoms. The second-order valence-corrected chi connectivity index (χ2v) is 6.25. The number of carbonyl (C=O) groups is 2. The zero-order chi connectivity index (χ0) is 19.5. The maximum Gasteiger partial charge on any atom is 0.219 e. The number of hydrogen-bond acceptors (Lipinski definition) is 8. The fraction of sp³-hybridized carbons (Fsp3) is 0.875. The second kappa shape index (κ2) is 12.2. The Morgan fingerprint density at radius 2 is 1.92 bits per heavy atom. The van der Waals surface area contributed by atoms with Crippen molar-refractivity contribution in [3.8, 4) is 0 Å². The Kier molecular flexibility index (Phi) is 10.6. The zero-order valence-corrected chi connectivity index (χ0v) is 15.1. The van der Waals surface area contributed by atoms with Crippen LogP contribution in [0.1, 0.15) is 32.6 Å². The van der Waals surface area contributed by atoms with E-state index >= 15 is 0 Å². The Hall–Kier alpha value is -1.30. The maximum atomic E-state index is 11.6. The van der Waals surface area contributed by atoms with Crippen molar-refractivity contribution in [1.82, 2.24) is 10.6 Å². The van der Waals surface area contributed by atoms with Crippen molar-refractivity contribution in [2.45, 2.75) is 63.3 Å². The number of nitrogens with two attached hydrogens (primary N) is 1. The smallest absolute Gasteiger partial charge is 0.219 e. The van der Waals surface area contributed by atoms with Crippen LogP contribution in [0.25, 0.3) is 0 Å². The number of carbonyl (C=O) groups excluding carboxylic acids is 2. The van der Waals surface area contributed by atoms with Crippen LogP contribution in [0.5, 0.6) is 0 Å². The molecule has 1 aliphatic heterocycles.